The van der Waals surface area contributed by atoms with E-state index < -0.39 is 0 Å². The maximum absolute atomic E-state index is 13.4. The highest BCUT2D eigenvalue weighted by Gasteiger charge is 2.30. The monoisotopic (exact) mass is 430 g/mol. The van der Waals surface area contributed by atoms with Crippen LogP contribution in [-0.4, -0.2) is 57.5 Å². The number of aryl methyl sites for hydroxylation is 2. The molecule has 2 heterocycles. The molecule has 3 aromatic rings. The van der Waals surface area contributed by atoms with Gasteiger partial charge in [0.15, 0.2) is 0 Å². The van der Waals surface area contributed by atoms with Crippen molar-refractivity contribution in [3.8, 4) is 5.69 Å². The van der Waals surface area contributed by atoms with Crippen molar-refractivity contribution in [1.82, 2.24) is 19.4 Å². The largest absolute Gasteiger partial charge is 0.339 e. The summed E-state index contributed by atoms with van der Waals surface area (Å²) < 4.78 is 2.17. The molecule has 1 saturated heterocycles. The molecule has 0 N–H and O–H groups in total. The lowest BCUT2D eigenvalue weighted by atomic mass is 9.99. The number of amides is 1. The highest BCUT2D eigenvalue weighted by atomic mass is 16.2. The second-order valence-electron chi connectivity index (χ2n) is 9.60. The van der Waals surface area contributed by atoms with Crippen molar-refractivity contribution in [3.63, 3.8) is 0 Å². The molecule has 2 fully saturated rings. The van der Waals surface area contributed by atoms with E-state index in [0.29, 0.717) is 6.04 Å². The maximum Gasteiger partial charge on any atom is 0.254 e. The average molecular weight is 431 g/mol. The Bertz CT molecular complexity index is 1120. The molecular formula is C27H34N4O. The van der Waals surface area contributed by atoms with Gasteiger partial charge in [0.05, 0.1) is 11.0 Å². The van der Waals surface area contributed by atoms with E-state index in [1.807, 2.05) is 50.1 Å². The van der Waals surface area contributed by atoms with Crippen molar-refractivity contribution in [1.29, 1.82) is 0 Å². The predicted molar refractivity (Wildman–Crippen MR) is 129 cm³/mol. The molecule has 0 unspecified atom stereocenters. The zero-order valence-corrected chi connectivity index (χ0v) is 19.6. The molecule has 0 atom stereocenters. The van der Waals surface area contributed by atoms with Gasteiger partial charge in [-0.25, -0.2) is 4.98 Å². The molecule has 32 heavy (non-hydrogen) atoms. The van der Waals surface area contributed by atoms with Gasteiger partial charge in [-0.15, -0.1) is 0 Å². The van der Waals surface area contributed by atoms with E-state index in [2.05, 4.69) is 32.7 Å². The number of carbonyl (C=O) groups excluding carboxylic acids is 1. The molecule has 1 amide bonds. The number of piperidine rings is 1. The minimum atomic E-state index is 0.139. The summed E-state index contributed by atoms with van der Waals surface area (Å²) in [6.45, 7) is 6.32. The Balaban J connectivity index is 1.31. The molecule has 5 nitrogen and oxygen atoms in total. The van der Waals surface area contributed by atoms with Gasteiger partial charge in [0.25, 0.3) is 5.91 Å². The minimum absolute atomic E-state index is 0.139. The van der Waals surface area contributed by atoms with Crippen LogP contribution in [0.2, 0.25) is 0 Å². The number of nitrogens with zero attached hydrogens (tertiary/aromatic N) is 4. The normalized spacial score (nSPS) is 18.5. The molecule has 1 saturated carbocycles. The Kier molecular flexibility index (Phi) is 5.76. The number of aromatic nitrogens is 2. The summed E-state index contributed by atoms with van der Waals surface area (Å²) in [4.78, 5) is 22.7. The fourth-order valence-corrected chi connectivity index (χ4v) is 5.76. The van der Waals surface area contributed by atoms with Gasteiger partial charge < -0.3 is 9.80 Å². The van der Waals surface area contributed by atoms with Gasteiger partial charge in [0, 0.05) is 43.5 Å². The first kappa shape index (κ1) is 21.2. The lowest BCUT2D eigenvalue weighted by molar-refractivity contribution is 0.0598. The Morgan fingerprint density at radius 3 is 2.44 bits per heavy atom. The molecule has 1 aliphatic heterocycles. The van der Waals surface area contributed by atoms with Gasteiger partial charge in [-0.3, -0.25) is 9.36 Å². The minimum Gasteiger partial charge on any atom is -0.339 e. The molecule has 0 bridgehead atoms. The number of hydrogen-bond acceptors (Lipinski definition) is 3. The molecule has 2 aromatic carbocycles. The van der Waals surface area contributed by atoms with E-state index in [1.165, 1.54) is 25.7 Å². The fourth-order valence-electron chi connectivity index (χ4n) is 5.76. The highest BCUT2D eigenvalue weighted by molar-refractivity contribution is 5.96. The second-order valence-corrected chi connectivity index (χ2v) is 9.60. The molecule has 0 radical (unpaired) electrons. The van der Waals surface area contributed by atoms with E-state index in [9.17, 15) is 4.79 Å². The van der Waals surface area contributed by atoms with Crippen LogP contribution in [0.25, 0.3) is 16.7 Å². The number of benzene rings is 2. The van der Waals surface area contributed by atoms with Crippen LogP contribution in [0.3, 0.4) is 0 Å². The lowest BCUT2D eigenvalue weighted by Crippen LogP contribution is -2.48. The zero-order valence-electron chi connectivity index (χ0n) is 19.6. The van der Waals surface area contributed by atoms with Crippen molar-refractivity contribution in [3.05, 3.63) is 59.4 Å². The van der Waals surface area contributed by atoms with Gasteiger partial charge in [-0.2, -0.15) is 0 Å². The average Bonchev–Trinajstić information content (AvgIpc) is 3.45. The number of hydrogen-bond donors (Lipinski definition) is 0. The Labute approximate surface area is 191 Å². The molecule has 2 aliphatic rings. The Morgan fingerprint density at radius 1 is 1.00 bits per heavy atom. The van der Waals surface area contributed by atoms with Crippen LogP contribution < -0.4 is 0 Å². The van der Waals surface area contributed by atoms with Crippen LogP contribution in [-0.2, 0) is 0 Å². The summed E-state index contributed by atoms with van der Waals surface area (Å²) in [6, 6.07) is 15.5. The lowest BCUT2D eigenvalue weighted by Gasteiger charge is -2.39. The van der Waals surface area contributed by atoms with Gasteiger partial charge in [-0.05, 0) is 75.4 Å². The fraction of sp³-hybridized carbons (Fsp3) is 0.481. The first-order chi connectivity index (χ1) is 15.5. The summed E-state index contributed by atoms with van der Waals surface area (Å²) in [7, 11) is 1.99. The first-order valence-corrected chi connectivity index (χ1v) is 12.1. The quantitative estimate of drug-likeness (QED) is 0.577. The predicted octanol–water partition coefficient (Wildman–Crippen LogP) is 5.12. The van der Waals surface area contributed by atoms with Crippen LogP contribution in [0.5, 0.6) is 0 Å². The van der Waals surface area contributed by atoms with E-state index in [4.69, 9.17) is 0 Å². The van der Waals surface area contributed by atoms with Crippen LogP contribution in [0.1, 0.15) is 60.3 Å². The summed E-state index contributed by atoms with van der Waals surface area (Å²) in [5, 5.41) is 0. The maximum atomic E-state index is 13.4. The van der Waals surface area contributed by atoms with E-state index in [1.54, 1.807) is 0 Å². The Morgan fingerprint density at radius 2 is 1.72 bits per heavy atom. The first-order valence-electron chi connectivity index (χ1n) is 12.1. The van der Waals surface area contributed by atoms with Crippen molar-refractivity contribution in [2.45, 2.75) is 64.5 Å². The van der Waals surface area contributed by atoms with Gasteiger partial charge in [0.2, 0.25) is 0 Å². The smallest absolute Gasteiger partial charge is 0.254 e. The SMILES string of the molecule is Cc1cc(-n2c(C)nc3ccccc32)ccc1C(=O)N(C)C1CCN(C2CCCC2)CC1. The number of imidazole rings is 1. The van der Waals surface area contributed by atoms with Crippen LogP contribution in [0.4, 0.5) is 0 Å². The van der Waals surface area contributed by atoms with Crippen molar-refractivity contribution < 1.29 is 4.79 Å². The number of para-hydroxylation sites is 2. The van der Waals surface area contributed by atoms with E-state index in [0.717, 1.165) is 65.6 Å². The van der Waals surface area contributed by atoms with E-state index in [-0.39, 0.29) is 5.91 Å². The Hall–Kier alpha value is -2.66. The van der Waals surface area contributed by atoms with Crippen molar-refractivity contribution in [2.24, 2.45) is 0 Å². The van der Waals surface area contributed by atoms with Crippen LogP contribution in [0.15, 0.2) is 42.5 Å². The number of fused-ring (bicyclic) bond motifs is 1. The summed E-state index contributed by atoms with van der Waals surface area (Å²) in [5.74, 6) is 1.09. The molecule has 5 heteroatoms. The molecule has 0 spiro atoms. The number of likely N-dealkylation sites (tertiary alicyclic amines) is 1. The molecular weight excluding hydrogens is 396 g/mol. The number of rotatable bonds is 4. The van der Waals surface area contributed by atoms with Crippen LogP contribution >= 0.6 is 0 Å². The van der Waals surface area contributed by atoms with E-state index >= 15 is 0 Å². The molecule has 168 valence electrons. The van der Waals surface area contributed by atoms with Gasteiger partial charge >= 0.3 is 0 Å². The molecule has 5 rings (SSSR count). The van der Waals surface area contributed by atoms with Crippen molar-refractivity contribution >= 4 is 16.9 Å². The van der Waals surface area contributed by atoms with Crippen LogP contribution in [0, 0.1) is 13.8 Å². The zero-order chi connectivity index (χ0) is 22.2. The second kappa shape index (κ2) is 8.70. The number of carbonyl (C=O) groups is 1. The summed E-state index contributed by atoms with van der Waals surface area (Å²) in [5.41, 5.74) is 4.95. The molecule has 1 aromatic heterocycles. The third-order valence-electron chi connectivity index (χ3n) is 7.64. The van der Waals surface area contributed by atoms with Gasteiger partial charge in [0.1, 0.15) is 5.82 Å². The molecule has 1 aliphatic carbocycles. The summed E-state index contributed by atoms with van der Waals surface area (Å²) in [6.07, 6.45) is 7.64. The standard InChI is InChI=1S/C27H34N4O/c1-19-18-23(31-20(2)28-25-10-6-7-11-26(25)31)12-13-24(19)27(32)29(3)21-14-16-30(17-15-21)22-8-4-5-9-22/h6-7,10-13,18,21-22H,4-5,8-9,14-17H2,1-3H3. The highest BCUT2D eigenvalue weighted by Crippen LogP contribution is 2.28. The van der Waals surface area contributed by atoms with Gasteiger partial charge in [-0.1, -0.05) is 25.0 Å². The third kappa shape index (κ3) is 3.83. The van der Waals surface area contributed by atoms with Crippen molar-refractivity contribution in [2.75, 3.05) is 20.1 Å². The topological polar surface area (TPSA) is 41.4 Å². The third-order valence-corrected chi connectivity index (χ3v) is 7.64. The summed E-state index contributed by atoms with van der Waals surface area (Å²) >= 11 is 0.